The summed E-state index contributed by atoms with van der Waals surface area (Å²) in [5.41, 5.74) is 8.46. The minimum absolute atomic E-state index is 0. The van der Waals surface area contributed by atoms with Gasteiger partial charge in [0.05, 0.1) is 0 Å². The summed E-state index contributed by atoms with van der Waals surface area (Å²) >= 11 is 0. The van der Waals surface area contributed by atoms with Gasteiger partial charge < -0.3 is 15.7 Å². The van der Waals surface area contributed by atoms with Crippen LogP contribution in [0.2, 0.25) is 0 Å². The van der Waals surface area contributed by atoms with E-state index in [1.807, 2.05) is 11.0 Å². The number of hydrogen-bond acceptors (Lipinski definition) is 3. The van der Waals surface area contributed by atoms with Crippen molar-refractivity contribution in [3.05, 3.63) is 29.3 Å². The second kappa shape index (κ2) is 7.34. The Bertz CT molecular complexity index is 535. The molecule has 0 bridgehead atoms. The third kappa shape index (κ3) is 3.73. The molecule has 1 saturated carbocycles. The number of phenolic OH excluding ortho intramolecular Hbond substituents is 1. The number of amides is 1. The Kier molecular flexibility index (Phi) is 5.70. The van der Waals surface area contributed by atoms with Crippen molar-refractivity contribution in [1.82, 2.24) is 4.90 Å². The van der Waals surface area contributed by atoms with Crippen LogP contribution in [0, 0.1) is 5.92 Å². The molecule has 2 unspecified atom stereocenters. The molecule has 0 radical (unpaired) electrons. The van der Waals surface area contributed by atoms with E-state index in [4.69, 9.17) is 5.73 Å². The first-order valence-corrected chi connectivity index (χ1v) is 7.97. The molecule has 1 aliphatic heterocycles. The van der Waals surface area contributed by atoms with Gasteiger partial charge in [-0.1, -0.05) is 18.9 Å². The Labute approximate surface area is 138 Å². The van der Waals surface area contributed by atoms with E-state index in [2.05, 4.69) is 0 Å². The lowest BCUT2D eigenvalue weighted by Crippen LogP contribution is -2.40. The molecule has 0 saturated heterocycles. The zero-order valence-electron chi connectivity index (χ0n) is 12.8. The van der Waals surface area contributed by atoms with Crippen molar-refractivity contribution < 1.29 is 9.90 Å². The normalized spacial score (nSPS) is 24.3. The molecular formula is C17H25ClN2O2. The lowest BCUT2D eigenvalue weighted by Gasteiger charge is -2.33. The molecule has 5 heteroatoms. The number of rotatable bonds is 2. The Hall–Kier alpha value is -1.26. The second-order valence-corrected chi connectivity index (χ2v) is 6.43. The molecule has 1 heterocycles. The molecule has 1 aliphatic carbocycles. The van der Waals surface area contributed by atoms with E-state index in [0.29, 0.717) is 18.9 Å². The predicted octanol–water partition coefficient (Wildman–Crippen LogP) is 2.61. The lowest BCUT2D eigenvalue weighted by atomic mass is 9.82. The largest absolute Gasteiger partial charge is 0.508 e. The number of benzene rings is 1. The van der Waals surface area contributed by atoms with E-state index in [-0.39, 0.29) is 30.1 Å². The summed E-state index contributed by atoms with van der Waals surface area (Å²) < 4.78 is 0. The number of hydrogen-bond donors (Lipinski definition) is 2. The highest BCUT2D eigenvalue weighted by atomic mass is 35.5. The van der Waals surface area contributed by atoms with Crippen LogP contribution in [0.15, 0.2) is 18.2 Å². The van der Waals surface area contributed by atoms with Crippen molar-refractivity contribution in [2.75, 3.05) is 6.54 Å². The summed E-state index contributed by atoms with van der Waals surface area (Å²) in [6.45, 7) is 1.39. The van der Waals surface area contributed by atoms with E-state index < -0.39 is 0 Å². The van der Waals surface area contributed by atoms with Crippen LogP contribution in [0.25, 0.3) is 0 Å². The summed E-state index contributed by atoms with van der Waals surface area (Å²) in [6, 6.07) is 5.64. The van der Waals surface area contributed by atoms with Gasteiger partial charge in [-0.15, -0.1) is 12.4 Å². The molecule has 1 fully saturated rings. The minimum Gasteiger partial charge on any atom is -0.508 e. The second-order valence-electron chi connectivity index (χ2n) is 6.43. The van der Waals surface area contributed by atoms with Crippen LogP contribution < -0.4 is 5.73 Å². The molecule has 2 aliphatic rings. The van der Waals surface area contributed by atoms with E-state index in [0.717, 1.165) is 31.4 Å². The van der Waals surface area contributed by atoms with Crippen LogP contribution in [-0.4, -0.2) is 28.5 Å². The van der Waals surface area contributed by atoms with Crippen molar-refractivity contribution >= 4 is 18.3 Å². The molecule has 0 aromatic heterocycles. The summed E-state index contributed by atoms with van der Waals surface area (Å²) in [5.74, 6) is 0.834. The van der Waals surface area contributed by atoms with Crippen molar-refractivity contribution in [3.8, 4) is 5.75 Å². The molecule has 0 spiro atoms. The van der Waals surface area contributed by atoms with E-state index >= 15 is 0 Å². The molecule has 1 amide bonds. The highest BCUT2D eigenvalue weighted by molar-refractivity contribution is 5.85. The Balaban J connectivity index is 0.00000176. The van der Waals surface area contributed by atoms with Gasteiger partial charge in [0.1, 0.15) is 5.75 Å². The van der Waals surface area contributed by atoms with Gasteiger partial charge in [0, 0.05) is 25.6 Å². The monoisotopic (exact) mass is 324 g/mol. The summed E-state index contributed by atoms with van der Waals surface area (Å²) in [6.07, 6.45) is 5.98. The molecule has 2 atom stereocenters. The van der Waals surface area contributed by atoms with Crippen LogP contribution in [-0.2, 0) is 17.8 Å². The van der Waals surface area contributed by atoms with Gasteiger partial charge in [0.25, 0.3) is 0 Å². The first kappa shape index (κ1) is 17.1. The number of nitrogens with zero attached hydrogens (tertiary/aromatic N) is 1. The van der Waals surface area contributed by atoms with Crippen molar-refractivity contribution in [1.29, 1.82) is 0 Å². The van der Waals surface area contributed by atoms with Gasteiger partial charge in [0.15, 0.2) is 0 Å². The fourth-order valence-electron chi connectivity index (χ4n) is 3.60. The topological polar surface area (TPSA) is 66.6 Å². The van der Waals surface area contributed by atoms with Crippen LogP contribution >= 0.6 is 12.4 Å². The van der Waals surface area contributed by atoms with E-state index in [9.17, 15) is 9.90 Å². The van der Waals surface area contributed by atoms with Crippen molar-refractivity contribution in [2.45, 2.75) is 51.1 Å². The maximum absolute atomic E-state index is 12.5. The molecule has 3 N–H and O–H groups in total. The van der Waals surface area contributed by atoms with Gasteiger partial charge in [-0.2, -0.15) is 0 Å². The third-order valence-electron chi connectivity index (χ3n) is 4.96. The third-order valence-corrected chi connectivity index (χ3v) is 4.96. The fraction of sp³-hybridized carbons (Fsp3) is 0.588. The number of carbonyl (C=O) groups excluding carboxylic acids is 1. The molecule has 1 aromatic rings. The Morgan fingerprint density at radius 3 is 2.82 bits per heavy atom. The average Bonchev–Trinajstić information content (AvgIpc) is 2.48. The van der Waals surface area contributed by atoms with Gasteiger partial charge in [-0.3, -0.25) is 4.79 Å². The SMILES string of the molecule is Cl.NC1CCCCC1CC(=O)N1CCc2ccc(O)cc2C1. The van der Waals surface area contributed by atoms with Crippen molar-refractivity contribution in [3.63, 3.8) is 0 Å². The number of fused-ring (bicyclic) bond motifs is 1. The Morgan fingerprint density at radius 1 is 1.27 bits per heavy atom. The smallest absolute Gasteiger partial charge is 0.223 e. The average molecular weight is 325 g/mol. The fourth-order valence-corrected chi connectivity index (χ4v) is 3.60. The molecule has 22 heavy (non-hydrogen) atoms. The van der Waals surface area contributed by atoms with Gasteiger partial charge in [-0.05, 0) is 48.4 Å². The van der Waals surface area contributed by atoms with Crippen LogP contribution in [0.4, 0.5) is 0 Å². The quantitative estimate of drug-likeness (QED) is 0.878. The molecule has 122 valence electrons. The van der Waals surface area contributed by atoms with Crippen molar-refractivity contribution in [2.24, 2.45) is 11.7 Å². The first-order chi connectivity index (χ1) is 10.1. The number of phenols is 1. The maximum atomic E-state index is 12.5. The van der Waals surface area contributed by atoms with E-state index in [1.165, 1.54) is 18.4 Å². The standard InChI is InChI=1S/C17H24N2O2.ClH/c18-16-4-2-1-3-13(16)10-17(21)19-8-7-12-5-6-15(20)9-14(12)11-19;/h5-6,9,13,16,20H,1-4,7-8,10-11,18H2;1H. The maximum Gasteiger partial charge on any atom is 0.223 e. The molecule has 4 nitrogen and oxygen atoms in total. The van der Waals surface area contributed by atoms with Gasteiger partial charge >= 0.3 is 0 Å². The predicted molar refractivity (Wildman–Crippen MR) is 89.0 cm³/mol. The highest BCUT2D eigenvalue weighted by Gasteiger charge is 2.28. The number of halogens is 1. The van der Waals surface area contributed by atoms with Crippen LogP contribution in [0.5, 0.6) is 5.75 Å². The van der Waals surface area contributed by atoms with Gasteiger partial charge in [-0.25, -0.2) is 0 Å². The molecule has 1 aromatic carbocycles. The number of aromatic hydroxyl groups is 1. The Morgan fingerprint density at radius 2 is 2.05 bits per heavy atom. The number of nitrogens with two attached hydrogens (primary N) is 1. The minimum atomic E-state index is 0. The lowest BCUT2D eigenvalue weighted by molar-refractivity contribution is -0.133. The van der Waals surface area contributed by atoms with Gasteiger partial charge in [0.2, 0.25) is 5.91 Å². The number of carbonyl (C=O) groups is 1. The van der Waals surface area contributed by atoms with E-state index in [1.54, 1.807) is 12.1 Å². The first-order valence-electron chi connectivity index (χ1n) is 7.97. The molecule has 3 rings (SSSR count). The summed E-state index contributed by atoms with van der Waals surface area (Å²) in [7, 11) is 0. The highest BCUT2D eigenvalue weighted by Crippen LogP contribution is 2.28. The zero-order valence-corrected chi connectivity index (χ0v) is 13.6. The zero-order chi connectivity index (χ0) is 14.8. The summed E-state index contributed by atoms with van der Waals surface area (Å²) in [4.78, 5) is 14.4. The van der Waals surface area contributed by atoms with Crippen LogP contribution in [0.3, 0.4) is 0 Å². The summed E-state index contributed by atoms with van der Waals surface area (Å²) in [5, 5.41) is 9.59. The molecular weight excluding hydrogens is 300 g/mol. The van der Waals surface area contributed by atoms with Crippen LogP contribution in [0.1, 0.15) is 43.2 Å².